The summed E-state index contributed by atoms with van der Waals surface area (Å²) in [6, 6.07) is 16.0. The summed E-state index contributed by atoms with van der Waals surface area (Å²) < 4.78 is 5.93. The maximum atomic E-state index is 12.6. The largest absolute Gasteiger partial charge is 0.462 e. The summed E-state index contributed by atoms with van der Waals surface area (Å²) in [5.74, 6) is -0.957. The monoisotopic (exact) mass is 358 g/mol. The Kier molecular flexibility index (Phi) is 5.67. The molecular weight excluding hydrogens is 344 g/mol. The van der Waals surface area contributed by atoms with Gasteiger partial charge in [-0.3, -0.25) is 4.79 Å². The third kappa shape index (κ3) is 4.15. The van der Waals surface area contributed by atoms with Crippen molar-refractivity contribution in [1.29, 1.82) is 0 Å². The van der Waals surface area contributed by atoms with Crippen molar-refractivity contribution in [3.05, 3.63) is 75.8 Å². The lowest BCUT2D eigenvalue weighted by molar-refractivity contribution is -0.137. The molecule has 0 aliphatic rings. The first-order chi connectivity index (χ1) is 10.6. The molecule has 0 saturated heterocycles. The number of carbonyl (C=O) groups is 2. The van der Waals surface area contributed by atoms with Crippen LogP contribution in [0.4, 0.5) is 0 Å². The highest BCUT2D eigenvalue weighted by atomic mass is 79.9. The van der Waals surface area contributed by atoms with Gasteiger partial charge in [-0.05, 0) is 30.7 Å². The Hall–Kier alpha value is -2.20. The van der Waals surface area contributed by atoms with E-state index < -0.39 is 5.97 Å². The fraction of sp³-hybridized carbons (Fsp3) is 0.111. The van der Waals surface area contributed by atoms with Crippen LogP contribution in [0, 0.1) is 0 Å². The molecule has 0 bridgehead atoms. The van der Waals surface area contributed by atoms with E-state index in [2.05, 4.69) is 15.9 Å². The van der Waals surface area contributed by atoms with E-state index in [4.69, 9.17) is 4.74 Å². The third-order valence-corrected chi connectivity index (χ3v) is 3.49. The van der Waals surface area contributed by atoms with Crippen LogP contribution in [0.2, 0.25) is 0 Å². The van der Waals surface area contributed by atoms with E-state index in [0.29, 0.717) is 5.56 Å². The molecule has 0 heterocycles. The maximum absolute atomic E-state index is 12.6. The summed E-state index contributed by atoms with van der Waals surface area (Å²) >= 11 is 3.35. The van der Waals surface area contributed by atoms with Crippen LogP contribution >= 0.6 is 15.9 Å². The van der Waals surface area contributed by atoms with Crippen molar-refractivity contribution in [3.8, 4) is 0 Å². The van der Waals surface area contributed by atoms with Crippen LogP contribution in [0.15, 0.2) is 64.6 Å². The summed E-state index contributed by atoms with van der Waals surface area (Å²) in [4.78, 5) is 24.7. The first-order valence-electron chi connectivity index (χ1n) is 6.86. The summed E-state index contributed by atoms with van der Waals surface area (Å²) in [6.07, 6.45) is 1.56. The van der Waals surface area contributed by atoms with Crippen molar-refractivity contribution in [2.24, 2.45) is 0 Å². The van der Waals surface area contributed by atoms with Crippen molar-refractivity contribution in [1.82, 2.24) is 0 Å². The second kappa shape index (κ2) is 7.71. The Balaban J connectivity index is 2.40. The molecule has 2 aromatic rings. The summed E-state index contributed by atoms with van der Waals surface area (Å²) in [6.45, 7) is 1.93. The lowest BCUT2D eigenvalue weighted by Gasteiger charge is -2.07. The van der Waals surface area contributed by atoms with Gasteiger partial charge in [0.1, 0.15) is 5.57 Å². The van der Waals surface area contributed by atoms with Gasteiger partial charge in [0.15, 0.2) is 5.78 Å². The molecule has 0 aromatic heterocycles. The molecule has 0 amide bonds. The van der Waals surface area contributed by atoms with Crippen LogP contribution in [0.3, 0.4) is 0 Å². The molecule has 112 valence electrons. The molecule has 2 aromatic carbocycles. The topological polar surface area (TPSA) is 43.4 Å². The molecule has 0 spiro atoms. The molecule has 3 nitrogen and oxygen atoms in total. The highest BCUT2D eigenvalue weighted by Crippen LogP contribution is 2.17. The summed E-state index contributed by atoms with van der Waals surface area (Å²) in [7, 11) is 0. The Morgan fingerprint density at radius 3 is 2.27 bits per heavy atom. The predicted octanol–water partition coefficient (Wildman–Crippen LogP) is 4.28. The van der Waals surface area contributed by atoms with Crippen LogP contribution in [-0.4, -0.2) is 18.4 Å². The minimum Gasteiger partial charge on any atom is -0.462 e. The fourth-order valence-electron chi connectivity index (χ4n) is 1.90. The molecular formula is C18H15BrO3. The highest BCUT2D eigenvalue weighted by molar-refractivity contribution is 9.10. The summed E-state index contributed by atoms with van der Waals surface area (Å²) in [5, 5.41) is 0. The standard InChI is InChI=1S/C18H15BrO3/c1-2-22-18(21)16(12-13-8-10-15(19)11-9-13)17(20)14-6-4-3-5-7-14/h3-12H,2H2,1H3/b16-12-. The minimum atomic E-state index is -0.612. The van der Waals surface area contributed by atoms with Gasteiger partial charge in [0.05, 0.1) is 6.61 Å². The van der Waals surface area contributed by atoms with Crippen LogP contribution < -0.4 is 0 Å². The van der Waals surface area contributed by atoms with Gasteiger partial charge in [0, 0.05) is 10.0 Å². The first-order valence-corrected chi connectivity index (χ1v) is 7.65. The molecule has 2 rings (SSSR count). The second-order valence-electron chi connectivity index (χ2n) is 4.53. The van der Waals surface area contributed by atoms with Gasteiger partial charge in [0.25, 0.3) is 0 Å². The number of hydrogen-bond donors (Lipinski definition) is 0. The maximum Gasteiger partial charge on any atom is 0.342 e. The molecule has 0 aliphatic carbocycles. The average molecular weight is 359 g/mol. The third-order valence-electron chi connectivity index (χ3n) is 2.96. The quantitative estimate of drug-likeness (QED) is 0.263. The molecule has 0 N–H and O–H groups in total. The van der Waals surface area contributed by atoms with E-state index in [-0.39, 0.29) is 18.0 Å². The number of hydrogen-bond acceptors (Lipinski definition) is 3. The number of carbonyl (C=O) groups excluding carboxylic acids is 2. The smallest absolute Gasteiger partial charge is 0.342 e. The Morgan fingerprint density at radius 2 is 1.68 bits per heavy atom. The molecule has 0 atom stereocenters. The van der Waals surface area contributed by atoms with Gasteiger partial charge in [-0.25, -0.2) is 4.79 Å². The zero-order valence-electron chi connectivity index (χ0n) is 12.1. The minimum absolute atomic E-state index is 0.0235. The number of ether oxygens (including phenoxy) is 1. The predicted molar refractivity (Wildman–Crippen MR) is 89.5 cm³/mol. The Morgan fingerprint density at radius 1 is 1.05 bits per heavy atom. The van der Waals surface area contributed by atoms with E-state index in [0.717, 1.165) is 10.0 Å². The van der Waals surface area contributed by atoms with Crippen molar-refractivity contribution >= 4 is 33.8 Å². The SMILES string of the molecule is CCOC(=O)/C(=C\c1ccc(Br)cc1)C(=O)c1ccccc1. The van der Waals surface area contributed by atoms with Gasteiger partial charge < -0.3 is 4.74 Å². The van der Waals surface area contributed by atoms with Crippen molar-refractivity contribution < 1.29 is 14.3 Å². The molecule has 0 unspecified atom stereocenters. The Labute approximate surface area is 137 Å². The first kappa shape index (κ1) is 16.2. The van der Waals surface area contributed by atoms with E-state index in [1.807, 2.05) is 30.3 Å². The van der Waals surface area contributed by atoms with Crippen LogP contribution in [0.5, 0.6) is 0 Å². The fourth-order valence-corrected chi connectivity index (χ4v) is 2.16. The highest BCUT2D eigenvalue weighted by Gasteiger charge is 2.20. The van der Waals surface area contributed by atoms with Gasteiger partial charge in [0.2, 0.25) is 0 Å². The van der Waals surface area contributed by atoms with Gasteiger partial charge in [-0.2, -0.15) is 0 Å². The van der Waals surface area contributed by atoms with Crippen molar-refractivity contribution in [3.63, 3.8) is 0 Å². The molecule has 0 fully saturated rings. The van der Waals surface area contributed by atoms with E-state index in [1.165, 1.54) is 0 Å². The lowest BCUT2D eigenvalue weighted by atomic mass is 10.0. The lowest BCUT2D eigenvalue weighted by Crippen LogP contribution is -2.16. The van der Waals surface area contributed by atoms with Crippen molar-refractivity contribution in [2.75, 3.05) is 6.61 Å². The molecule has 0 radical (unpaired) electrons. The average Bonchev–Trinajstić information content (AvgIpc) is 2.54. The van der Waals surface area contributed by atoms with Gasteiger partial charge >= 0.3 is 5.97 Å². The van der Waals surface area contributed by atoms with Crippen LogP contribution in [0.25, 0.3) is 6.08 Å². The van der Waals surface area contributed by atoms with E-state index in [1.54, 1.807) is 37.3 Å². The van der Waals surface area contributed by atoms with Gasteiger partial charge in [-0.1, -0.05) is 58.4 Å². The second-order valence-corrected chi connectivity index (χ2v) is 5.44. The summed E-state index contributed by atoms with van der Waals surface area (Å²) in [5.41, 5.74) is 1.24. The van der Waals surface area contributed by atoms with Crippen LogP contribution in [0.1, 0.15) is 22.8 Å². The number of halogens is 1. The number of benzene rings is 2. The van der Waals surface area contributed by atoms with Crippen LogP contribution in [-0.2, 0) is 9.53 Å². The van der Waals surface area contributed by atoms with E-state index in [9.17, 15) is 9.59 Å². The Bertz CT molecular complexity index is 688. The van der Waals surface area contributed by atoms with E-state index >= 15 is 0 Å². The molecule has 0 saturated carbocycles. The molecule has 22 heavy (non-hydrogen) atoms. The zero-order valence-corrected chi connectivity index (χ0v) is 13.7. The number of rotatable bonds is 5. The van der Waals surface area contributed by atoms with Gasteiger partial charge in [-0.15, -0.1) is 0 Å². The normalized spacial score (nSPS) is 11.1. The number of Topliss-reactive ketones (excluding diaryl/α,β-unsaturated/α-hetero) is 1. The number of ketones is 1. The molecule has 4 heteroatoms. The number of esters is 1. The zero-order chi connectivity index (χ0) is 15.9. The molecule has 0 aliphatic heterocycles. The van der Waals surface area contributed by atoms with Crippen molar-refractivity contribution in [2.45, 2.75) is 6.92 Å².